The SMILES string of the molecule is C=C(C)C(=O)OC(C)(C)CCC(F)(F)C(=O)Oc1cccc(C(F)(F)F)c1. The van der Waals surface area contributed by atoms with Crippen LogP contribution in [0.5, 0.6) is 5.75 Å². The molecule has 150 valence electrons. The zero-order valence-corrected chi connectivity index (χ0v) is 15.0. The molecule has 1 rings (SSSR count). The second-order valence-corrected chi connectivity index (χ2v) is 6.55. The van der Waals surface area contributed by atoms with Crippen molar-refractivity contribution < 1.29 is 41.0 Å². The van der Waals surface area contributed by atoms with E-state index >= 15 is 0 Å². The lowest BCUT2D eigenvalue weighted by Crippen LogP contribution is -2.37. The first-order valence-electron chi connectivity index (χ1n) is 7.80. The fourth-order valence-electron chi connectivity index (χ4n) is 1.87. The van der Waals surface area contributed by atoms with Crippen LogP contribution >= 0.6 is 0 Å². The molecule has 0 atom stereocenters. The van der Waals surface area contributed by atoms with Crippen molar-refractivity contribution in [1.29, 1.82) is 0 Å². The average Bonchev–Trinajstić information content (AvgIpc) is 2.52. The number of alkyl halides is 5. The monoisotopic (exact) mass is 394 g/mol. The van der Waals surface area contributed by atoms with Gasteiger partial charge in [-0.05, 0) is 45.4 Å². The first kappa shape index (κ1) is 22.6. The van der Waals surface area contributed by atoms with Gasteiger partial charge in [0.15, 0.2) is 0 Å². The molecule has 0 aliphatic carbocycles. The molecule has 4 nitrogen and oxygen atoms in total. The maximum atomic E-state index is 14.0. The van der Waals surface area contributed by atoms with E-state index in [1.54, 1.807) is 0 Å². The molecule has 0 N–H and O–H groups in total. The molecule has 0 radical (unpaired) electrons. The average molecular weight is 394 g/mol. The lowest BCUT2D eigenvalue weighted by molar-refractivity contribution is -0.166. The highest BCUT2D eigenvalue weighted by Crippen LogP contribution is 2.33. The Bertz CT molecular complexity index is 723. The minimum atomic E-state index is -4.71. The number of carbonyl (C=O) groups is 2. The van der Waals surface area contributed by atoms with Gasteiger partial charge in [0.25, 0.3) is 0 Å². The van der Waals surface area contributed by atoms with Gasteiger partial charge in [0, 0.05) is 12.0 Å². The fourth-order valence-corrected chi connectivity index (χ4v) is 1.87. The van der Waals surface area contributed by atoms with E-state index in [0.717, 1.165) is 12.1 Å². The van der Waals surface area contributed by atoms with Gasteiger partial charge < -0.3 is 9.47 Å². The molecule has 0 aliphatic heterocycles. The highest BCUT2D eigenvalue weighted by molar-refractivity contribution is 5.87. The summed E-state index contributed by atoms with van der Waals surface area (Å²) in [4.78, 5) is 23.1. The van der Waals surface area contributed by atoms with Crippen molar-refractivity contribution in [3.05, 3.63) is 42.0 Å². The van der Waals surface area contributed by atoms with Gasteiger partial charge in [0.05, 0.1) is 5.56 Å². The first-order valence-corrected chi connectivity index (χ1v) is 7.80. The topological polar surface area (TPSA) is 52.6 Å². The maximum Gasteiger partial charge on any atom is 0.416 e. The normalized spacial score (nSPS) is 12.4. The van der Waals surface area contributed by atoms with E-state index in [0.29, 0.717) is 12.1 Å². The summed E-state index contributed by atoms with van der Waals surface area (Å²) in [5.74, 6) is -7.40. The minimum absolute atomic E-state index is 0.0822. The van der Waals surface area contributed by atoms with E-state index in [-0.39, 0.29) is 5.57 Å². The highest BCUT2D eigenvalue weighted by atomic mass is 19.4. The second-order valence-electron chi connectivity index (χ2n) is 6.55. The van der Waals surface area contributed by atoms with Gasteiger partial charge in [-0.2, -0.15) is 22.0 Å². The van der Waals surface area contributed by atoms with Gasteiger partial charge in [-0.15, -0.1) is 0 Å². The molecule has 9 heteroatoms. The summed E-state index contributed by atoms with van der Waals surface area (Å²) in [6.07, 6.45) is -6.12. The van der Waals surface area contributed by atoms with E-state index in [1.165, 1.54) is 20.8 Å². The van der Waals surface area contributed by atoms with E-state index in [4.69, 9.17) is 4.74 Å². The Labute approximate surface area is 152 Å². The second kappa shape index (κ2) is 8.06. The Hall–Kier alpha value is -2.45. The van der Waals surface area contributed by atoms with Gasteiger partial charge in [-0.3, -0.25) is 0 Å². The fraction of sp³-hybridized carbons (Fsp3) is 0.444. The highest BCUT2D eigenvalue weighted by Gasteiger charge is 2.43. The van der Waals surface area contributed by atoms with Crippen molar-refractivity contribution in [2.24, 2.45) is 0 Å². The third-order valence-electron chi connectivity index (χ3n) is 3.43. The number of rotatable bonds is 7. The van der Waals surface area contributed by atoms with E-state index in [1.807, 2.05) is 0 Å². The summed E-state index contributed by atoms with van der Waals surface area (Å²) in [6.45, 7) is 7.51. The number of hydrogen-bond acceptors (Lipinski definition) is 4. The number of carbonyl (C=O) groups excluding carboxylic acids is 2. The molecule has 0 saturated heterocycles. The molecule has 0 amide bonds. The summed E-state index contributed by atoms with van der Waals surface area (Å²) in [7, 11) is 0. The Morgan fingerprint density at radius 2 is 1.67 bits per heavy atom. The van der Waals surface area contributed by atoms with Crippen LogP contribution in [0.1, 0.15) is 39.2 Å². The number of esters is 2. The smallest absolute Gasteiger partial charge is 0.416 e. The van der Waals surface area contributed by atoms with E-state index in [2.05, 4.69) is 11.3 Å². The summed E-state index contributed by atoms with van der Waals surface area (Å²) in [6, 6.07) is 3.06. The lowest BCUT2D eigenvalue weighted by Gasteiger charge is -2.26. The zero-order chi connectivity index (χ0) is 21.0. The van der Waals surface area contributed by atoms with Crippen LogP contribution in [0.15, 0.2) is 36.4 Å². The number of halogens is 5. The van der Waals surface area contributed by atoms with E-state index < -0.39 is 53.8 Å². The van der Waals surface area contributed by atoms with E-state index in [9.17, 15) is 31.5 Å². The van der Waals surface area contributed by atoms with Crippen LogP contribution in [-0.2, 0) is 20.5 Å². The van der Waals surface area contributed by atoms with Crippen LogP contribution in [0.3, 0.4) is 0 Å². The van der Waals surface area contributed by atoms with Gasteiger partial charge in [-0.1, -0.05) is 12.6 Å². The zero-order valence-electron chi connectivity index (χ0n) is 15.0. The summed E-state index contributed by atoms with van der Waals surface area (Å²) in [5.41, 5.74) is -2.36. The molecule has 27 heavy (non-hydrogen) atoms. The third kappa shape index (κ3) is 6.99. The molecule has 0 heterocycles. The third-order valence-corrected chi connectivity index (χ3v) is 3.43. The molecular formula is C18H19F5O4. The predicted octanol–water partition coefficient (Wildman–Crippen LogP) is 4.92. The van der Waals surface area contributed by atoms with Gasteiger partial charge >= 0.3 is 24.0 Å². The Morgan fingerprint density at radius 1 is 1.07 bits per heavy atom. The summed E-state index contributed by atoms with van der Waals surface area (Å²) in [5, 5.41) is 0. The van der Waals surface area contributed by atoms with Crippen molar-refractivity contribution in [2.75, 3.05) is 0 Å². The number of ether oxygens (including phenoxy) is 2. The van der Waals surface area contributed by atoms with Crippen LogP contribution in [0.2, 0.25) is 0 Å². The quantitative estimate of drug-likeness (QED) is 0.285. The van der Waals surface area contributed by atoms with Crippen LogP contribution < -0.4 is 4.74 Å². The molecule has 0 aliphatic rings. The molecular weight excluding hydrogens is 375 g/mol. The van der Waals surface area contributed by atoms with Crippen molar-refractivity contribution in [1.82, 2.24) is 0 Å². The van der Waals surface area contributed by atoms with Crippen LogP contribution in [-0.4, -0.2) is 23.5 Å². The molecule has 0 spiro atoms. The maximum absolute atomic E-state index is 14.0. The standard InChI is InChI=1S/C18H19F5O4/c1-11(2)14(24)27-16(3,4)8-9-17(19,20)15(25)26-13-7-5-6-12(10-13)18(21,22)23/h5-7,10H,1,8-9H2,2-4H3. The Kier molecular flexibility index (Phi) is 6.74. The summed E-state index contributed by atoms with van der Waals surface area (Å²) < 4.78 is 75.3. The van der Waals surface area contributed by atoms with Crippen molar-refractivity contribution >= 4 is 11.9 Å². The molecule has 0 bridgehead atoms. The molecule has 1 aromatic rings. The predicted molar refractivity (Wildman–Crippen MR) is 86.2 cm³/mol. The van der Waals surface area contributed by atoms with Crippen molar-refractivity contribution in [2.45, 2.75) is 51.3 Å². The molecule has 0 aromatic heterocycles. The van der Waals surface area contributed by atoms with Crippen LogP contribution in [0.4, 0.5) is 22.0 Å². The first-order chi connectivity index (χ1) is 12.1. The van der Waals surface area contributed by atoms with Crippen molar-refractivity contribution in [3.63, 3.8) is 0 Å². The van der Waals surface area contributed by atoms with Crippen LogP contribution in [0, 0.1) is 0 Å². The number of benzene rings is 1. The molecule has 0 saturated carbocycles. The Morgan fingerprint density at radius 3 is 2.19 bits per heavy atom. The minimum Gasteiger partial charge on any atom is -0.456 e. The van der Waals surface area contributed by atoms with Gasteiger partial charge in [-0.25, -0.2) is 9.59 Å². The molecule has 0 unspecified atom stereocenters. The largest absolute Gasteiger partial charge is 0.456 e. The van der Waals surface area contributed by atoms with Gasteiger partial charge in [0.1, 0.15) is 11.4 Å². The van der Waals surface area contributed by atoms with Gasteiger partial charge in [0.2, 0.25) is 0 Å². The number of hydrogen-bond donors (Lipinski definition) is 0. The molecule has 0 fully saturated rings. The molecule has 1 aromatic carbocycles. The van der Waals surface area contributed by atoms with Crippen LogP contribution in [0.25, 0.3) is 0 Å². The summed E-state index contributed by atoms with van der Waals surface area (Å²) >= 11 is 0. The van der Waals surface area contributed by atoms with Crippen molar-refractivity contribution in [3.8, 4) is 5.75 Å². The lowest BCUT2D eigenvalue weighted by atomic mass is 9.99. The Balaban J connectivity index is 2.76.